The zero-order valence-electron chi connectivity index (χ0n) is 17.0. The van der Waals surface area contributed by atoms with Gasteiger partial charge in [-0.1, -0.05) is 13.3 Å². The molecular weight excluding hydrogens is 393 g/mol. The molecule has 28 heavy (non-hydrogen) atoms. The second kappa shape index (κ2) is 11.4. The van der Waals surface area contributed by atoms with Gasteiger partial charge in [0, 0.05) is 37.6 Å². The van der Waals surface area contributed by atoms with Crippen molar-refractivity contribution in [3.8, 4) is 10.6 Å². The molecule has 0 aliphatic rings. The van der Waals surface area contributed by atoms with Gasteiger partial charge in [0.05, 0.1) is 22.5 Å². The van der Waals surface area contributed by atoms with E-state index in [0.29, 0.717) is 24.2 Å². The van der Waals surface area contributed by atoms with Crippen molar-refractivity contribution in [2.75, 3.05) is 19.1 Å². The van der Waals surface area contributed by atoms with Gasteiger partial charge in [0.1, 0.15) is 16.6 Å². The second-order valence-corrected chi connectivity index (χ2v) is 8.73. The van der Waals surface area contributed by atoms with Crippen LogP contribution in [-0.4, -0.2) is 40.5 Å². The van der Waals surface area contributed by atoms with Gasteiger partial charge in [0.25, 0.3) is 0 Å². The van der Waals surface area contributed by atoms with E-state index >= 15 is 0 Å². The highest BCUT2D eigenvalue weighted by Crippen LogP contribution is 2.30. The summed E-state index contributed by atoms with van der Waals surface area (Å²) in [4.78, 5) is 26.7. The Morgan fingerprint density at radius 1 is 1.39 bits per heavy atom. The summed E-state index contributed by atoms with van der Waals surface area (Å²) in [6, 6.07) is 1.44. The third-order valence-electron chi connectivity index (χ3n) is 4.58. The molecule has 0 spiro atoms. The van der Waals surface area contributed by atoms with Crippen molar-refractivity contribution < 1.29 is 9.18 Å². The van der Waals surface area contributed by atoms with Crippen molar-refractivity contribution in [1.82, 2.24) is 9.97 Å². The van der Waals surface area contributed by atoms with E-state index in [0.717, 1.165) is 46.3 Å². The number of thioether (sulfide) groups is 1. The number of carbonyl (C=O) groups is 1. The molecule has 2 aromatic heterocycles. The maximum Gasteiger partial charge on any atom is 0.142 e. The molecule has 7 heteroatoms. The van der Waals surface area contributed by atoms with Crippen LogP contribution in [0.3, 0.4) is 0 Å². The first-order valence-corrected chi connectivity index (χ1v) is 11.8. The lowest BCUT2D eigenvalue weighted by Crippen LogP contribution is -2.19. The predicted octanol–water partition coefficient (Wildman–Crippen LogP) is 5.59. The molecule has 0 fully saturated rings. The van der Waals surface area contributed by atoms with E-state index in [1.807, 2.05) is 6.92 Å². The van der Waals surface area contributed by atoms with Crippen LogP contribution in [0.15, 0.2) is 23.5 Å². The molecule has 0 saturated carbocycles. The standard InChI is InChI=1S/C21H28FN3OS2/c1-5-7-15(19(26)8-6-9-27-4)11-18(23-3)20-14(2)25-21(28-20)16-10-17(22)13-24-12-16/h10,12-13,15H,5-9,11H2,1-4H3. The van der Waals surface area contributed by atoms with Crippen LogP contribution in [-0.2, 0) is 4.79 Å². The molecule has 0 aliphatic heterocycles. The summed E-state index contributed by atoms with van der Waals surface area (Å²) in [6.07, 6.45) is 8.89. The number of ketones is 1. The Kier molecular flexibility index (Phi) is 9.25. The minimum absolute atomic E-state index is 0.00802. The van der Waals surface area contributed by atoms with E-state index in [4.69, 9.17) is 0 Å². The molecular formula is C21H28FN3OS2. The summed E-state index contributed by atoms with van der Waals surface area (Å²) >= 11 is 3.26. The lowest BCUT2D eigenvalue weighted by molar-refractivity contribution is -0.122. The highest BCUT2D eigenvalue weighted by Gasteiger charge is 2.23. The Balaban J connectivity index is 2.20. The summed E-state index contributed by atoms with van der Waals surface area (Å²) in [6.45, 7) is 4.04. The van der Waals surface area contributed by atoms with Crippen LogP contribution in [0.1, 0.15) is 49.6 Å². The van der Waals surface area contributed by atoms with Gasteiger partial charge in [-0.3, -0.25) is 14.8 Å². The fourth-order valence-electron chi connectivity index (χ4n) is 3.16. The topological polar surface area (TPSA) is 55.2 Å². The third-order valence-corrected chi connectivity index (χ3v) is 6.54. The molecule has 0 bridgehead atoms. The molecule has 2 heterocycles. The molecule has 0 aliphatic carbocycles. The number of aliphatic imine (C=N–C) groups is 1. The highest BCUT2D eigenvalue weighted by molar-refractivity contribution is 7.98. The van der Waals surface area contributed by atoms with Crippen molar-refractivity contribution in [3.05, 3.63) is 34.8 Å². The summed E-state index contributed by atoms with van der Waals surface area (Å²) < 4.78 is 13.5. The number of Topliss-reactive ketones (excluding diaryl/α,β-unsaturated/α-hetero) is 1. The third kappa shape index (κ3) is 6.21. The summed E-state index contributed by atoms with van der Waals surface area (Å²) in [5.74, 6) is 0.952. The minimum Gasteiger partial charge on any atom is -0.299 e. The lowest BCUT2D eigenvalue weighted by atomic mass is 9.90. The van der Waals surface area contributed by atoms with E-state index in [9.17, 15) is 9.18 Å². The van der Waals surface area contributed by atoms with E-state index < -0.39 is 0 Å². The van der Waals surface area contributed by atoms with Gasteiger partial charge in [0.15, 0.2) is 0 Å². The Hall–Kier alpha value is -1.60. The van der Waals surface area contributed by atoms with E-state index in [-0.39, 0.29) is 11.7 Å². The van der Waals surface area contributed by atoms with E-state index in [2.05, 4.69) is 28.1 Å². The van der Waals surface area contributed by atoms with Crippen LogP contribution < -0.4 is 0 Å². The number of aryl methyl sites for hydroxylation is 1. The fraction of sp³-hybridized carbons (Fsp3) is 0.524. The second-order valence-electron chi connectivity index (χ2n) is 6.75. The van der Waals surface area contributed by atoms with Gasteiger partial charge in [-0.2, -0.15) is 11.8 Å². The SMILES string of the molecule is CCCC(CC(=NC)c1sc(-c2cncc(F)c2)nc1C)C(=O)CCCSC. The number of nitrogens with zero attached hydrogens (tertiary/aromatic N) is 3. The molecule has 0 amide bonds. The molecule has 1 atom stereocenters. The van der Waals surface area contributed by atoms with E-state index in [1.54, 1.807) is 25.0 Å². The molecule has 1 unspecified atom stereocenters. The first-order chi connectivity index (χ1) is 13.5. The van der Waals surface area contributed by atoms with Gasteiger partial charge < -0.3 is 0 Å². The average molecular weight is 422 g/mol. The number of carbonyl (C=O) groups excluding carboxylic acids is 1. The maximum absolute atomic E-state index is 13.5. The Morgan fingerprint density at radius 3 is 2.82 bits per heavy atom. The van der Waals surface area contributed by atoms with Crippen LogP contribution in [0.25, 0.3) is 10.6 Å². The summed E-state index contributed by atoms with van der Waals surface area (Å²) in [5, 5.41) is 0.721. The van der Waals surface area contributed by atoms with Gasteiger partial charge in [-0.15, -0.1) is 11.3 Å². The van der Waals surface area contributed by atoms with Crippen molar-refractivity contribution in [2.24, 2.45) is 10.9 Å². The number of halogens is 1. The normalized spacial score (nSPS) is 13.0. The molecule has 0 N–H and O–H groups in total. The molecule has 0 aromatic carbocycles. The molecule has 0 saturated heterocycles. The van der Waals surface area contributed by atoms with Crippen LogP contribution in [0, 0.1) is 18.7 Å². The molecule has 152 valence electrons. The number of pyridine rings is 1. The van der Waals surface area contributed by atoms with Gasteiger partial charge in [-0.05, 0) is 37.8 Å². The van der Waals surface area contributed by atoms with Crippen molar-refractivity contribution in [2.45, 2.75) is 46.0 Å². The van der Waals surface area contributed by atoms with Gasteiger partial charge in [-0.25, -0.2) is 9.37 Å². The Morgan fingerprint density at radius 2 is 2.18 bits per heavy atom. The Labute approximate surface area is 175 Å². The number of hydrogen-bond donors (Lipinski definition) is 0. The van der Waals surface area contributed by atoms with Crippen molar-refractivity contribution >= 4 is 34.6 Å². The number of hydrogen-bond acceptors (Lipinski definition) is 6. The predicted molar refractivity (Wildman–Crippen MR) is 118 cm³/mol. The number of aromatic nitrogens is 2. The van der Waals surface area contributed by atoms with Crippen molar-refractivity contribution in [1.29, 1.82) is 0 Å². The van der Waals surface area contributed by atoms with Gasteiger partial charge >= 0.3 is 0 Å². The first-order valence-electron chi connectivity index (χ1n) is 9.56. The zero-order chi connectivity index (χ0) is 20.5. The monoisotopic (exact) mass is 421 g/mol. The average Bonchev–Trinajstić information content (AvgIpc) is 3.07. The van der Waals surface area contributed by atoms with Crippen LogP contribution in [0.4, 0.5) is 4.39 Å². The minimum atomic E-state index is -0.380. The quantitative estimate of drug-likeness (QED) is 0.350. The molecule has 2 rings (SSSR count). The number of thiazole rings is 1. The molecule has 0 radical (unpaired) electrons. The Bertz CT molecular complexity index is 820. The van der Waals surface area contributed by atoms with Crippen LogP contribution in [0.2, 0.25) is 0 Å². The zero-order valence-corrected chi connectivity index (χ0v) is 18.6. The van der Waals surface area contributed by atoms with Crippen LogP contribution in [0.5, 0.6) is 0 Å². The highest BCUT2D eigenvalue weighted by atomic mass is 32.2. The first kappa shape index (κ1) is 22.7. The summed E-state index contributed by atoms with van der Waals surface area (Å²) in [7, 11) is 1.76. The summed E-state index contributed by atoms with van der Waals surface area (Å²) in [5.41, 5.74) is 2.42. The molecule has 2 aromatic rings. The lowest BCUT2D eigenvalue weighted by Gasteiger charge is -2.16. The van der Waals surface area contributed by atoms with Gasteiger partial charge in [0.2, 0.25) is 0 Å². The maximum atomic E-state index is 13.5. The van der Waals surface area contributed by atoms with Crippen LogP contribution >= 0.6 is 23.1 Å². The van der Waals surface area contributed by atoms with E-state index in [1.165, 1.54) is 23.6 Å². The molecule has 4 nitrogen and oxygen atoms in total. The largest absolute Gasteiger partial charge is 0.299 e. The number of rotatable bonds is 11. The fourth-order valence-corrected chi connectivity index (χ4v) is 4.68. The smallest absolute Gasteiger partial charge is 0.142 e. The van der Waals surface area contributed by atoms with Crippen molar-refractivity contribution in [3.63, 3.8) is 0 Å².